The van der Waals surface area contributed by atoms with Gasteiger partial charge in [0.2, 0.25) is 0 Å². The Labute approximate surface area is 112 Å². The molecule has 3 aliphatic rings. The van der Waals surface area contributed by atoms with Gasteiger partial charge in [-0.05, 0) is 42.9 Å². The van der Waals surface area contributed by atoms with Gasteiger partial charge in [0.25, 0.3) is 5.69 Å². The summed E-state index contributed by atoms with van der Waals surface area (Å²) < 4.78 is 0. The number of nitrogens with one attached hydrogen (secondary N) is 1. The van der Waals surface area contributed by atoms with E-state index < -0.39 is 0 Å². The van der Waals surface area contributed by atoms with Crippen molar-refractivity contribution in [3.8, 4) is 0 Å². The Morgan fingerprint density at radius 2 is 1.89 bits per heavy atom. The molecule has 4 heteroatoms. The average Bonchev–Trinajstić information content (AvgIpc) is 2.80. The van der Waals surface area contributed by atoms with E-state index in [1.54, 1.807) is 12.1 Å². The first kappa shape index (κ1) is 11.4. The Morgan fingerprint density at radius 1 is 1.21 bits per heavy atom. The zero-order chi connectivity index (χ0) is 13.0. The van der Waals surface area contributed by atoms with Crippen LogP contribution >= 0.6 is 0 Å². The van der Waals surface area contributed by atoms with Crippen molar-refractivity contribution in [3.05, 3.63) is 39.9 Å². The lowest BCUT2D eigenvalue weighted by Gasteiger charge is -2.10. The van der Waals surface area contributed by atoms with Crippen LogP contribution in [0.4, 0.5) is 5.69 Å². The molecular formula is C15H18N2O2. The van der Waals surface area contributed by atoms with Crippen molar-refractivity contribution in [2.45, 2.75) is 31.8 Å². The number of nitro benzene ring substituents is 1. The van der Waals surface area contributed by atoms with E-state index in [-0.39, 0.29) is 10.6 Å². The highest BCUT2D eigenvalue weighted by Crippen LogP contribution is 2.65. The number of hydrogen-bond acceptors (Lipinski definition) is 3. The second kappa shape index (κ2) is 4.04. The van der Waals surface area contributed by atoms with Crippen molar-refractivity contribution in [3.63, 3.8) is 0 Å². The second-order valence-electron chi connectivity index (χ2n) is 6.28. The maximum atomic E-state index is 11.0. The van der Waals surface area contributed by atoms with Crippen molar-refractivity contribution in [2.24, 2.45) is 23.7 Å². The van der Waals surface area contributed by atoms with Crippen LogP contribution in [-0.4, -0.2) is 11.0 Å². The van der Waals surface area contributed by atoms with E-state index in [2.05, 4.69) is 5.32 Å². The van der Waals surface area contributed by atoms with Crippen LogP contribution in [0.15, 0.2) is 24.3 Å². The van der Waals surface area contributed by atoms with Crippen LogP contribution < -0.4 is 5.32 Å². The third kappa shape index (κ3) is 1.70. The Hall–Kier alpha value is -1.42. The van der Waals surface area contributed by atoms with E-state index in [0.29, 0.717) is 12.6 Å². The number of nitrogens with zero attached hydrogens (tertiary/aromatic N) is 1. The summed E-state index contributed by atoms with van der Waals surface area (Å²) in [4.78, 5) is 10.7. The molecule has 0 radical (unpaired) electrons. The highest BCUT2D eigenvalue weighted by atomic mass is 16.6. The van der Waals surface area contributed by atoms with Crippen molar-refractivity contribution in [1.82, 2.24) is 5.32 Å². The minimum absolute atomic E-state index is 0.240. The van der Waals surface area contributed by atoms with Gasteiger partial charge in [-0.2, -0.15) is 0 Å². The van der Waals surface area contributed by atoms with Crippen LogP contribution in [0.3, 0.4) is 0 Å². The molecule has 0 aromatic heterocycles. The SMILES string of the molecule is O=[N+]([O-])c1ccccc1CNC1C2C3CCC(C3)C12. The maximum absolute atomic E-state index is 11.0. The zero-order valence-corrected chi connectivity index (χ0v) is 10.8. The van der Waals surface area contributed by atoms with Crippen molar-refractivity contribution >= 4 is 5.69 Å². The maximum Gasteiger partial charge on any atom is 0.273 e. The van der Waals surface area contributed by atoms with E-state index in [1.165, 1.54) is 19.3 Å². The molecule has 1 aromatic carbocycles. The predicted molar refractivity (Wildman–Crippen MR) is 71.5 cm³/mol. The van der Waals surface area contributed by atoms with Gasteiger partial charge < -0.3 is 5.32 Å². The molecule has 3 aliphatic carbocycles. The number of hydrogen-bond donors (Lipinski definition) is 1. The Morgan fingerprint density at radius 3 is 2.58 bits per heavy atom. The van der Waals surface area contributed by atoms with Crippen LogP contribution in [0.25, 0.3) is 0 Å². The highest BCUT2D eigenvalue weighted by molar-refractivity contribution is 5.39. The molecule has 3 fully saturated rings. The van der Waals surface area contributed by atoms with Gasteiger partial charge in [0.1, 0.15) is 0 Å². The quantitative estimate of drug-likeness (QED) is 0.667. The molecule has 0 heterocycles. The molecule has 0 saturated heterocycles. The van der Waals surface area contributed by atoms with Crippen molar-refractivity contribution < 1.29 is 4.92 Å². The monoisotopic (exact) mass is 258 g/mol. The van der Waals surface area contributed by atoms with Gasteiger partial charge in [-0.15, -0.1) is 0 Å². The Kier molecular flexibility index (Phi) is 2.42. The lowest BCUT2D eigenvalue weighted by molar-refractivity contribution is -0.385. The first-order valence-electron chi connectivity index (χ1n) is 7.21. The predicted octanol–water partition coefficient (Wildman–Crippen LogP) is 2.73. The minimum atomic E-state index is -0.283. The molecule has 3 saturated carbocycles. The van der Waals surface area contributed by atoms with Gasteiger partial charge in [0, 0.05) is 24.2 Å². The third-order valence-corrected chi connectivity index (χ3v) is 5.45. The molecule has 0 spiro atoms. The van der Waals surface area contributed by atoms with Crippen molar-refractivity contribution in [1.29, 1.82) is 0 Å². The molecule has 100 valence electrons. The fourth-order valence-corrected chi connectivity index (χ4v) is 4.66. The molecule has 4 nitrogen and oxygen atoms in total. The van der Waals surface area contributed by atoms with Gasteiger partial charge in [-0.1, -0.05) is 18.2 Å². The summed E-state index contributed by atoms with van der Waals surface area (Å²) in [6.45, 7) is 0.633. The summed E-state index contributed by atoms with van der Waals surface area (Å²) in [5.41, 5.74) is 1.05. The zero-order valence-electron chi connectivity index (χ0n) is 10.8. The lowest BCUT2D eigenvalue weighted by Crippen LogP contribution is -2.22. The normalized spacial score (nSPS) is 38.2. The summed E-state index contributed by atoms with van der Waals surface area (Å²) in [6.07, 6.45) is 4.27. The first-order chi connectivity index (χ1) is 9.25. The molecule has 0 aliphatic heterocycles. The van der Waals surface area contributed by atoms with Crippen LogP contribution in [0.5, 0.6) is 0 Å². The first-order valence-corrected chi connectivity index (χ1v) is 7.21. The number of rotatable bonds is 4. The molecule has 4 unspecified atom stereocenters. The van der Waals surface area contributed by atoms with Gasteiger partial charge >= 0.3 is 0 Å². The molecule has 2 bridgehead atoms. The summed E-state index contributed by atoms with van der Waals surface area (Å²) in [5, 5.41) is 14.5. The van der Waals surface area contributed by atoms with Gasteiger partial charge in [0.15, 0.2) is 0 Å². The fraction of sp³-hybridized carbons (Fsp3) is 0.600. The number of nitro groups is 1. The number of para-hydroxylation sites is 1. The van der Waals surface area contributed by atoms with E-state index in [4.69, 9.17) is 0 Å². The molecule has 1 N–H and O–H groups in total. The molecular weight excluding hydrogens is 240 g/mol. The topological polar surface area (TPSA) is 55.2 Å². The van der Waals surface area contributed by atoms with Crippen LogP contribution in [0.2, 0.25) is 0 Å². The van der Waals surface area contributed by atoms with Crippen LogP contribution in [0.1, 0.15) is 24.8 Å². The van der Waals surface area contributed by atoms with Crippen molar-refractivity contribution in [2.75, 3.05) is 0 Å². The summed E-state index contributed by atoms with van der Waals surface area (Å²) in [5.74, 6) is 3.64. The van der Waals surface area contributed by atoms with Crippen LogP contribution in [0, 0.1) is 33.8 Å². The van der Waals surface area contributed by atoms with Crippen LogP contribution in [-0.2, 0) is 6.54 Å². The average molecular weight is 258 g/mol. The van der Waals surface area contributed by atoms with E-state index in [1.807, 2.05) is 12.1 Å². The highest BCUT2D eigenvalue weighted by Gasteiger charge is 2.64. The standard InChI is InChI=1S/C15H18N2O2/c18-17(19)12-4-2-1-3-11(12)8-16-15-13-9-5-6-10(7-9)14(13)15/h1-4,9-10,13-16H,5-8H2. The molecule has 0 amide bonds. The molecule has 4 atom stereocenters. The number of benzene rings is 1. The summed E-state index contributed by atoms with van der Waals surface area (Å²) in [7, 11) is 0. The molecule has 1 aromatic rings. The fourth-order valence-electron chi connectivity index (χ4n) is 4.66. The summed E-state index contributed by atoms with van der Waals surface area (Å²) in [6, 6.07) is 7.69. The lowest BCUT2D eigenvalue weighted by atomic mass is 10.0. The van der Waals surface area contributed by atoms with Gasteiger partial charge in [-0.3, -0.25) is 10.1 Å². The number of fused-ring (bicyclic) bond motifs is 5. The van der Waals surface area contributed by atoms with E-state index in [0.717, 1.165) is 29.2 Å². The second-order valence-corrected chi connectivity index (χ2v) is 6.28. The smallest absolute Gasteiger partial charge is 0.273 e. The van der Waals surface area contributed by atoms with Gasteiger partial charge in [0.05, 0.1) is 4.92 Å². The largest absolute Gasteiger partial charge is 0.309 e. The molecule has 19 heavy (non-hydrogen) atoms. The Bertz CT molecular complexity index is 515. The minimum Gasteiger partial charge on any atom is -0.309 e. The Balaban J connectivity index is 1.43. The third-order valence-electron chi connectivity index (χ3n) is 5.45. The van der Waals surface area contributed by atoms with E-state index in [9.17, 15) is 10.1 Å². The van der Waals surface area contributed by atoms with E-state index >= 15 is 0 Å². The molecule has 4 rings (SSSR count). The van der Waals surface area contributed by atoms with Gasteiger partial charge in [-0.25, -0.2) is 0 Å². The summed E-state index contributed by atoms with van der Waals surface area (Å²) >= 11 is 0.